The molecule has 0 aliphatic carbocycles. The molecule has 0 amide bonds. The van der Waals surface area contributed by atoms with Gasteiger partial charge in [-0.3, -0.25) is 4.98 Å². The zero-order chi connectivity index (χ0) is 11.4. The zero-order valence-electron chi connectivity index (χ0n) is 8.33. The van der Waals surface area contributed by atoms with Gasteiger partial charge in [0.25, 0.3) is 0 Å². The molecule has 1 aromatic carbocycles. The van der Waals surface area contributed by atoms with Crippen molar-refractivity contribution in [3.8, 4) is 0 Å². The number of carboxylic acid groups (broad SMARTS) is 1. The van der Waals surface area contributed by atoms with Gasteiger partial charge in [-0.1, -0.05) is 18.2 Å². The summed E-state index contributed by atoms with van der Waals surface area (Å²) >= 11 is 1.32. The molecule has 2 rings (SSSR count). The SMILES string of the molecule is O=C(O)C(Nc1ccccc1)c1cncs1. The van der Waals surface area contributed by atoms with E-state index in [0.29, 0.717) is 4.88 Å². The van der Waals surface area contributed by atoms with Crippen molar-refractivity contribution in [3.05, 3.63) is 46.9 Å². The Morgan fingerprint density at radius 1 is 1.38 bits per heavy atom. The normalized spacial score (nSPS) is 12.0. The number of hydrogen-bond acceptors (Lipinski definition) is 4. The first-order chi connectivity index (χ1) is 7.77. The Kier molecular flexibility index (Phi) is 3.16. The Balaban J connectivity index is 2.19. The first-order valence-electron chi connectivity index (χ1n) is 4.70. The molecule has 2 aromatic rings. The van der Waals surface area contributed by atoms with Gasteiger partial charge in [-0.15, -0.1) is 11.3 Å². The number of thiazole rings is 1. The van der Waals surface area contributed by atoms with E-state index in [1.165, 1.54) is 11.3 Å². The van der Waals surface area contributed by atoms with Crippen LogP contribution in [0.5, 0.6) is 0 Å². The molecule has 1 heterocycles. The molecule has 0 bridgehead atoms. The van der Waals surface area contributed by atoms with E-state index in [9.17, 15) is 4.79 Å². The highest BCUT2D eigenvalue weighted by molar-refractivity contribution is 7.09. The van der Waals surface area contributed by atoms with Crippen LogP contribution in [0.1, 0.15) is 10.9 Å². The number of nitrogens with one attached hydrogen (secondary N) is 1. The van der Waals surface area contributed by atoms with E-state index in [1.807, 2.05) is 30.3 Å². The van der Waals surface area contributed by atoms with Gasteiger partial charge in [0.2, 0.25) is 0 Å². The van der Waals surface area contributed by atoms with E-state index in [2.05, 4.69) is 10.3 Å². The molecule has 0 aliphatic heterocycles. The highest BCUT2D eigenvalue weighted by Crippen LogP contribution is 2.22. The van der Waals surface area contributed by atoms with Crippen molar-refractivity contribution in [2.75, 3.05) is 5.32 Å². The second-order valence-corrected chi connectivity index (χ2v) is 4.10. The van der Waals surface area contributed by atoms with Crippen molar-refractivity contribution in [3.63, 3.8) is 0 Å². The highest BCUT2D eigenvalue weighted by atomic mass is 32.1. The fourth-order valence-electron chi connectivity index (χ4n) is 1.32. The standard InChI is InChI=1S/C11H10N2O2S/c14-11(15)10(9-6-12-7-16-9)13-8-4-2-1-3-5-8/h1-7,10,13H,(H,14,15). The molecule has 16 heavy (non-hydrogen) atoms. The second-order valence-electron chi connectivity index (χ2n) is 3.19. The van der Waals surface area contributed by atoms with E-state index in [0.717, 1.165) is 5.69 Å². The monoisotopic (exact) mass is 234 g/mol. The quantitative estimate of drug-likeness (QED) is 0.852. The van der Waals surface area contributed by atoms with Gasteiger partial charge >= 0.3 is 5.97 Å². The van der Waals surface area contributed by atoms with Gasteiger partial charge in [0, 0.05) is 11.9 Å². The number of carboxylic acids is 1. The first-order valence-corrected chi connectivity index (χ1v) is 5.58. The Hall–Kier alpha value is -1.88. The number of anilines is 1. The average Bonchev–Trinajstić information content (AvgIpc) is 2.80. The van der Waals surface area contributed by atoms with Crippen LogP contribution in [0.25, 0.3) is 0 Å². The molecule has 2 N–H and O–H groups in total. The van der Waals surface area contributed by atoms with Gasteiger partial charge in [0.1, 0.15) is 0 Å². The lowest BCUT2D eigenvalue weighted by molar-refractivity contribution is -0.138. The average molecular weight is 234 g/mol. The molecule has 0 saturated carbocycles. The third-order valence-electron chi connectivity index (χ3n) is 2.07. The van der Waals surface area contributed by atoms with Crippen LogP contribution in [0.4, 0.5) is 5.69 Å². The predicted octanol–water partition coefficient (Wildman–Crippen LogP) is 2.38. The van der Waals surface area contributed by atoms with Crippen LogP contribution in [0.3, 0.4) is 0 Å². The van der Waals surface area contributed by atoms with Crippen molar-refractivity contribution in [1.29, 1.82) is 0 Å². The molecule has 5 heteroatoms. The van der Waals surface area contributed by atoms with Gasteiger partial charge in [-0.05, 0) is 12.1 Å². The summed E-state index contributed by atoms with van der Waals surface area (Å²) < 4.78 is 0. The van der Waals surface area contributed by atoms with Crippen molar-refractivity contribution >= 4 is 23.0 Å². The lowest BCUT2D eigenvalue weighted by Crippen LogP contribution is -2.19. The van der Waals surface area contributed by atoms with Crippen LogP contribution >= 0.6 is 11.3 Å². The molecule has 4 nitrogen and oxygen atoms in total. The summed E-state index contributed by atoms with van der Waals surface area (Å²) in [7, 11) is 0. The minimum Gasteiger partial charge on any atom is -0.479 e. The number of rotatable bonds is 4. The smallest absolute Gasteiger partial charge is 0.331 e. The lowest BCUT2D eigenvalue weighted by atomic mass is 10.2. The van der Waals surface area contributed by atoms with Gasteiger partial charge in [0.05, 0.1) is 10.4 Å². The van der Waals surface area contributed by atoms with E-state index >= 15 is 0 Å². The van der Waals surface area contributed by atoms with Gasteiger partial charge < -0.3 is 10.4 Å². The van der Waals surface area contributed by atoms with Crippen LogP contribution in [-0.2, 0) is 4.79 Å². The van der Waals surface area contributed by atoms with Crippen molar-refractivity contribution in [2.24, 2.45) is 0 Å². The molecular formula is C11H10N2O2S. The molecule has 0 radical (unpaired) electrons. The number of hydrogen-bond donors (Lipinski definition) is 2. The lowest BCUT2D eigenvalue weighted by Gasteiger charge is -2.13. The summed E-state index contributed by atoms with van der Waals surface area (Å²) in [4.78, 5) is 15.7. The summed E-state index contributed by atoms with van der Waals surface area (Å²) in [5, 5.41) is 12.1. The number of aliphatic carboxylic acids is 1. The van der Waals surface area contributed by atoms with E-state index in [-0.39, 0.29) is 0 Å². The topological polar surface area (TPSA) is 62.2 Å². The van der Waals surface area contributed by atoms with E-state index in [1.54, 1.807) is 11.7 Å². The molecular weight excluding hydrogens is 224 g/mol. The second kappa shape index (κ2) is 4.76. The number of aromatic nitrogens is 1. The Morgan fingerprint density at radius 3 is 2.69 bits per heavy atom. The van der Waals surface area contributed by atoms with E-state index < -0.39 is 12.0 Å². The third kappa shape index (κ3) is 2.38. The molecule has 1 aromatic heterocycles. The fraction of sp³-hybridized carbons (Fsp3) is 0.0909. The van der Waals surface area contributed by atoms with E-state index in [4.69, 9.17) is 5.11 Å². The summed E-state index contributed by atoms with van der Waals surface area (Å²) in [6.45, 7) is 0. The van der Waals surface area contributed by atoms with Crippen LogP contribution in [0.2, 0.25) is 0 Å². The van der Waals surface area contributed by atoms with Crippen LogP contribution in [0, 0.1) is 0 Å². The maximum absolute atomic E-state index is 11.1. The third-order valence-corrected chi connectivity index (χ3v) is 2.91. The minimum atomic E-state index is -0.909. The van der Waals surface area contributed by atoms with Crippen LogP contribution < -0.4 is 5.32 Å². The molecule has 1 unspecified atom stereocenters. The summed E-state index contributed by atoms with van der Waals surface area (Å²) in [5.74, 6) is -0.909. The Morgan fingerprint density at radius 2 is 2.12 bits per heavy atom. The molecule has 0 saturated heterocycles. The first kappa shape index (κ1) is 10.6. The Labute approximate surface area is 96.6 Å². The highest BCUT2D eigenvalue weighted by Gasteiger charge is 2.20. The van der Waals surface area contributed by atoms with Crippen LogP contribution in [-0.4, -0.2) is 16.1 Å². The number of para-hydroxylation sites is 1. The molecule has 0 aliphatic rings. The fourth-order valence-corrected chi connectivity index (χ4v) is 1.98. The molecule has 1 atom stereocenters. The zero-order valence-corrected chi connectivity index (χ0v) is 9.15. The number of carbonyl (C=O) groups is 1. The largest absolute Gasteiger partial charge is 0.479 e. The summed E-state index contributed by atoms with van der Waals surface area (Å²) in [5.41, 5.74) is 2.40. The van der Waals surface area contributed by atoms with Crippen molar-refractivity contribution in [2.45, 2.75) is 6.04 Å². The van der Waals surface area contributed by atoms with Gasteiger partial charge in [-0.25, -0.2) is 4.79 Å². The van der Waals surface area contributed by atoms with Crippen molar-refractivity contribution in [1.82, 2.24) is 4.98 Å². The molecule has 0 spiro atoms. The maximum Gasteiger partial charge on any atom is 0.331 e. The summed E-state index contributed by atoms with van der Waals surface area (Å²) in [6, 6.07) is 8.51. The maximum atomic E-state index is 11.1. The minimum absolute atomic E-state index is 0.691. The predicted molar refractivity (Wildman–Crippen MR) is 62.6 cm³/mol. The summed E-state index contributed by atoms with van der Waals surface area (Å²) in [6.07, 6.45) is 1.57. The molecule has 0 fully saturated rings. The van der Waals surface area contributed by atoms with Gasteiger partial charge in [-0.2, -0.15) is 0 Å². The Bertz CT molecular complexity index is 456. The number of nitrogens with zero attached hydrogens (tertiary/aromatic N) is 1. The van der Waals surface area contributed by atoms with Crippen molar-refractivity contribution < 1.29 is 9.90 Å². The van der Waals surface area contributed by atoms with Crippen LogP contribution in [0.15, 0.2) is 42.0 Å². The molecule has 82 valence electrons. The van der Waals surface area contributed by atoms with Gasteiger partial charge in [0.15, 0.2) is 6.04 Å². The number of benzene rings is 1.